The molecule has 1 rings (SSSR count). The van der Waals surface area contributed by atoms with Gasteiger partial charge >= 0.3 is 5.97 Å². The number of nitrogens with one attached hydrogen (secondary N) is 1. The van der Waals surface area contributed by atoms with Crippen LogP contribution < -0.4 is 5.32 Å². The topological polar surface area (TPSA) is 83.5 Å². The maximum Gasteiger partial charge on any atom is 0.303 e. The fourth-order valence-corrected chi connectivity index (χ4v) is 1.86. The number of amides is 1. The van der Waals surface area contributed by atoms with Crippen LogP contribution >= 0.6 is 0 Å². The molecule has 0 aromatic heterocycles. The largest absolute Gasteiger partial charge is 0.481 e. The number of Topliss-reactive ketones (excluding diaryl/α,β-unsaturated/α-hetero) is 1. The van der Waals surface area contributed by atoms with Gasteiger partial charge in [0, 0.05) is 18.5 Å². The van der Waals surface area contributed by atoms with Crippen LogP contribution in [0.5, 0.6) is 0 Å². The highest BCUT2D eigenvalue weighted by Gasteiger charge is 2.12. The fraction of sp³-hybridized carbons (Fsp3) is 0.400. The second kappa shape index (κ2) is 8.09. The average molecular weight is 277 g/mol. The number of aliphatic carboxylic acids is 1. The van der Waals surface area contributed by atoms with E-state index >= 15 is 0 Å². The molecule has 0 aliphatic heterocycles. The van der Waals surface area contributed by atoms with Crippen molar-refractivity contribution in [3.05, 3.63) is 35.4 Å². The molecular formula is C15H19NO4. The molecule has 1 aromatic carbocycles. The Hall–Kier alpha value is -2.17. The number of carbonyl (C=O) groups is 3. The highest BCUT2D eigenvalue weighted by molar-refractivity contribution is 6.07. The molecule has 0 aliphatic rings. The van der Waals surface area contributed by atoms with E-state index in [9.17, 15) is 14.4 Å². The van der Waals surface area contributed by atoms with Crippen molar-refractivity contribution in [3.8, 4) is 0 Å². The summed E-state index contributed by atoms with van der Waals surface area (Å²) in [7, 11) is 0. The zero-order chi connectivity index (χ0) is 15.0. The van der Waals surface area contributed by atoms with E-state index in [0.29, 0.717) is 24.1 Å². The molecule has 5 heteroatoms. The summed E-state index contributed by atoms with van der Waals surface area (Å²) in [5, 5.41) is 11.2. The third kappa shape index (κ3) is 5.22. The lowest BCUT2D eigenvalue weighted by Gasteiger charge is -2.08. The van der Waals surface area contributed by atoms with E-state index < -0.39 is 5.97 Å². The summed E-state index contributed by atoms with van der Waals surface area (Å²) in [6.07, 6.45) is 2.23. The van der Waals surface area contributed by atoms with Crippen LogP contribution in [0, 0.1) is 0 Å². The van der Waals surface area contributed by atoms with Crippen molar-refractivity contribution in [3.63, 3.8) is 0 Å². The molecule has 0 aliphatic carbocycles. The van der Waals surface area contributed by atoms with E-state index in [1.165, 1.54) is 6.92 Å². The molecule has 20 heavy (non-hydrogen) atoms. The first kappa shape index (κ1) is 15.9. The van der Waals surface area contributed by atoms with Crippen LogP contribution in [0.25, 0.3) is 0 Å². The van der Waals surface area contributed by atoms with Crippen LogP contribution in [0.4, 0.5) is 0 Å². The minimum absolute atomic E-state index is 0.141. The number of carboxylic acids is 1. The van der Waals surface area contributed by atoms with Gasteiger partial charge in [0.1, 0.15) is 0 Å². The normalized spacial score (nSPS) is 10.1. The SMILES string of the molecule is CC(=O)c1ccccc1C(=O)NCCCCCC(=O)O. The molecule has 0 unspecified atom stereocenters. The number of carbonyl (C=O) groups excluding carboxylic acids is 2. The Morgan fingerprint density at radius 3 is 2.30 bits per heavy atom. The molecule has 2 N–H and O–H groups in total. The van der Waals surface area contributed by atoms with Crippen molar-refractivity contribution in [2.45, 2.75) is 32.6 Å². The summed E-state index contributed by atoms with van der Waals surface area (Å²) < 4.78 is 0. The van der Waals surface area contributed by atoms with E-state index in [4.69, 9.17) is 5.11 Å². The molecule has 0 heterocycles. The number of hydrogen-bond acceptors (Lipinski definition) is 3. The van der Waals surface area contributed by atoms with Crippen LogP contribution in [0.15, 0.2) is 24.3 Å². The Balaban J connectivity index is 2.40. The molecule has 108 valence electrons. The van der Waals surface area contributed by atoms with E-state index in [-0.39, 0.29) is 18.1 Å². The van der Waals surface area contributed by atoms with Crippen molar-refractivity contribution in [1.82, 2.24) is 5.32 Å². The summed E-state index contributed by atoms with van der Waals surface area (Å²) in [4.78, 5) is 33.7. The number of rotatable bonds is 8. The third-order valence-corrected chi connectivity index (χ3v) is 2.90. The molecule has 0 fully saturated rings. The van der Waals surface area contributed by atoms with Gasteiger partial charge in [-0.2, -0.15) is 0 Å². The van der Waals surface area contributed by atoms with Crippen molar-refractivity contribution in [2.24, 2.45) is 0 Å². The Kier molecular flexibility index (Phi) is 6.43. The van der Waals surface area contributed by atoms with Gasteiger partial charge in [-0.3, -0.25) is 14.4 Å². The second-order valence-electron chi connectivity index (χ2n) is 4.56. The summed E-state index contributed by atoms with van der Waals surface area (Å²) in [5.74, 6) is -1.21. The van der Waals surface area contributed by atoms with Gasteiger partial charge in [0.2, 0.25) is 0 Å². The first-order valence-corrected chi connectivity index (χ1v) is 6.62. The standard InChI is InChI=1S/C15H19NO4/c1-11(17)12-7-4-5-8-13(12)15(20)16-10-6-2-3-9-14(18)19/h4-5,7-8H,2-3,6,9-10H2,1H3,(H,16,20)(H,18,19). The maximum absolute atomic E-state index is 12.0. The molecule has 0 bridgehead atoms. The van der Waals surface area contributed by atoms with Crippen molar-refractivity contribution >= 4 is 17.7 Å². The van der Waals surface area contributed by atoms with Crippen LogP contribution in [-0.2, 0) is 4.79 Å². The van der Waals surface area contributed by atoms with Crippen LogP contribution in [0.2, 0.25) is 0 Å². The molecule has 0 radical (unpaired) electrons. The predicted octanol–water partition coefficient (Wildman–Crippen LogP) is 2.26. The fourth-order valence-electron chi connectivity index (χ4n) is 1.86. The van der Waals surface area contributed by atoms with Gasteiger partial charge in [-0.05, 0) is 25.8 Å². The molecule has 0 saturated heterocycles. The van der Waals surface area contributed by atoms with Gasteiger partial charge in [-0.25, -0.2) is 0 Å². The van der Waals surface area contributed by atoms with Gasteiger partial charge in [0.15, 0.2) is 5.78 Å². The van der Waals surface area contributed by atoms with Crippen LogP contribution in [-0.4, -0.2) is 29.3 Å². The van der Waals surface area contributed by atoms with Gasteiger partial charge in [0.05, 0.1) is 5.56 Å². The second-order valence-corrected chi connectivity index (χ2v) is 4.56. The van der Waals surface area contributed by atoms with Gasteiger partial charge in [0.25, 0.3) is 5.91 Å². The minimum Gasteiger partial charge on any atom is -0.481 e. The Labute approximate surface area is 118 Å². The Bertz CT molecular complexity index is 496. The summed E-state index contributed by atoms with van der Waals surface area (Å²) >= 11 is 0. The van der Waals surface area contributed by atoms with E-state index in [0.717, 1.165) is 12.8 Å². The molecule has 0 spiro atoms. The van der Waals surface area contributed by atoms with Crippen molar-refractivity contribution in [2.75, 3.05) is 6.54 Å². The number of carboxylic acid groups (broad SMARTS) is 1. The van der Waals surface area contributed by atoms with E-state index in [1.807, 2.05) is 0 Å². The lowest BCUT2D eigenvalue weighted by atomic mass is 10.0. The van der Waals surface area contributed by atoms with Gasteiger partial charge in [-0.1, -0.05) is 24.6 Å². The smallest absolute Gasteiger partial charge is 0.303 e. The Morgan fingerprint density at radius 2 is 1.70 bits per heavy atom. The molecular weight excluding hydrogens is 258 g/mol. The van der Waals surface area contributed by atoms with Gasteiger partial charge in [-0.15, -0.1) is 0 Å². The molecule has 5 nitrogen and oxygen atoms in total. The number of hydrogen-bond donors (Lipinski definition) is 2. The van der Waals surface area contributed by atoms with E-state index in [1.54, 1.807) is 24.3 Å². The summed E-state index contributed by atoms with van der Waals surface area (Å²) in [6, 6.07) is 6.69. The quantitative estimate of drug-likeness (QED) is 0.564. The number of benzene rings is 1. The lowest BCUT2D eigenvalue weighted by Crippen LogP contribution is -2.26. The summed E-state index contributed by atoms with van der Waals surface area (Å²) in [6.45, 7) is 1.91. The first-order valence-electron chi connectivity index (χ1n) is 6.62. The monoisotopic (exact) mass is 277 g/mol. The molecule has 0 saturated carbocycles. The summed E-state index contributed by atoms with van der Waals surface area (Å²) in [5.41, 5.74) is 0.793. The Morgan fingerprint density at radius 1 is 1.05 bits per heavy atom. The number of ketones is 1. The molecule has 1 aromatic rings. The highest BCUT2D eigenvalue weighted by atomic mass is 16.4. The zero-order valence-electron chi connectivity index (χ0n) is 11.5. The molecule has 0 atom stereocenters. The third-order valence-electron chi connectivity index (χ3n) is 2.90. The highest BCUT2D eigenvalue weighted by Crippen LogP contribution is 2.09. The predicted molar refractivity (Wildman–Crippen MR) is 74.9 cm³/mol. The minimum atomic E-state index is -0.801. The van der Waals surface area contributed by atoms with Crippen molar-refractivity contribution in [1.29, 1.82) is 0 Å². The van der Waals surface area contributed by atoms with Crippen LogP contribution in [0.3, 0.4) is 0 Å². The average Bonchev–Trinajstić information content (AvgIpc) is 2.42. The lowest BCUT2D eigenvalue weighted by molar-refractivity contribution is -0.137. The van der Waals surface area contributed by atoms with Crippen LogP contribution in [0.1, 0.15) is 53.3 Å². The maximum atomic E-state index is 12.0. The van der Waals surface area contributed by atoms with Gasteiger partial charge < -0.3 is 10.4 Å². The molecule has 1 amide bonds. The first-order chi connectivity index (χ1) is 9.52. The number of unbranched alkanes of at least 4 members (excludes halogenated alkanes) is 2. The zero-order valence-corrected chi connectivity index (χ0v) is 11.5. The van der Waals surface area contributed by atoms with Crippen molar-refractivity contribution < 1.29 is 19.5 Å². The van der Waals surface area contributed by atoms with E-state index in [2.05, 4.69) is 5.32 Å².